The molecule has 2 rings (SSSR count). The van der Waals surface area contributed by atoms with E-state index in [9.17, 15) is 4.79 Å². The molecule has 1 fully saturated rings. The minimum absolute atomic E-state index is 0. The zero-order valence-corrected chi connectivity index (χ0v) is 18.0. The van der Waals surface area contributed by atoms with Crippen LogP contribution in [0.1, 0.15) is 56.5 Å². The molecule has 0 aromatic heterocycles. The zero-order valence-electron chi connectivity index (χ0n) is 15.6. The van der Waals surface area contributed by atoms with Gasteiger partial charge in [0.1, 0.15) is 0 Å². The SMILES string of the molecule is CCNC(=NCc1cccc(C(=O)NC(C)CC)c1)NC1CC1C.I. The van der Waals surface area contributed by atoms with Crippen molar-refractivity contribution in [2.24, 2.45) is 10.9 Å². The lowest BCUT2D eigenvalue weighted by Gasteiger charge is -2.12. The predicted molar refractivity (Wildman–Crippen MR) is 115 cm³/mol. The fourth-order valence-corrected chi connectivity index (χ4v) is 2.41. The topological polar surface area (TPSA) is 65.5 Å². The molecule has 25 heavy (non-hydrogen) atoms. The minimum atomic E-state index is -0.0213. The Bertz CT molecular complexity index is 591. The lowest BCUT2D eigenvalue weighted by Crippen LogP contribution is -2.39. The molecule has 140 valence electrons. The Morgan fingerprint density at radius 3 is 2.68 bits per heavy atom. The number of hydrogen-bond donors (Lipinski definition) is 3. The van der Waals surface area contributed by atoms with Gasteiger partial charge in [0.05, 0.1) is 6.54 Å². The summed E-state index contributed by atoms with van der Waals surface area (Å²) in [6, 6.07) is 8.41. The maximum atomic E-state index is 12.2. The predicted octanol–water partition coefficient (Wildman–Crippen LogP) is 3.30. The molecular weight excluding hydrogens is 427 g/mol. The number of carbonyl (C=O) groups is 1. The highest BCUT2D eigenvalue weighted by molar-refractivity contribution is 14.0. The van der Waals surface area contributed by atoms with Crippen LogP contribution in [0.2, 0.25) is 0 Å². The van der Waals surface area contributed by atoms with Gasteiger partial charge < -0.3 is 16.0 Å². The molecule has 3 unspecified atom stereocenters. The van der Waals surface area contributed by atoms with E-state index in [1.165, 1.54) is 6.42 Å². The minimum Gasteiger partial charge on any atom is -0.357 e. The molecule has 0 aliphatic heterocycles. The van der Waals surface area contributed by atoms with Gasteiger partial charge in [-0.15, -0.1) is 24.0 Å². The second-order valence-corrected chi connectivity index (χ2v) is 6.64. The van der Waals surface area contributed by atoms with Gasteiger partial charge in [0, 0.05) is 24.2 Å². The van der Waals surface area contributed by atoms with Crippen LogP contribution in [-0.4, -0.2) is 30.5 Å². The fraction of sp³-hybridized carbons (Fsp3) is 0.579. The van der Waals surface area contributed by atoms with Gasteiger partial charge in [0.15, 0.2) is 5.96 Å². The molecule has 1 aromatic rings. The van der Waals surface area contributed by atoms with Crippen LogP contribution in [0.4, 0.5) is 0 Å². The molecule has 5 nitrogen and oxygen atoms in total. The van der Waals surface area contributed by atoms with Gasteiger partial charge >= 0.3 is 0 Å². The average Bonchev–Trinajstić information content (AvgIpc) is 3.27. The number of halogens is 1. The molecular formula is C19H31IN4O. The van der Waals surface area contributed by atoms with Crippen LogP contribution in [0.5, 0.6) is 0 Å². The number of amides is 1. The molecule has 1 aromatic carbocycles. The third-order valence-corrected chi connectivity index (χ3v) is 4.37. The summed E-state index contributed by atoms with van der Waals surface area (Å²) in [4.78, 5) is 16.9. The number of guanidine groups is 1. The molecule has 3 atom stereocenters. The van der Waals surface area contributed by atoms with Crippen LogP contribution < -0.4 is 16.0 Å². The number of benzene rings is 1. The molecule has 0 spiro atoms. The Hall–Kier alpha value is -1.31. The molecule has 0 bridgehead atoms. The van der Waals surface area contributed by atoms with Crippen molar-refractivity contribution >= 4 is 35.8 Å². The first-order chi connectivity index (χ1) is 11.5. The normalized spacial score (nSPS) is 20.2. The molecule has 6 heteroatoms. The van der Waals surface area contributed by atoms with Crippen molar-refractivity contribution in [3.63, 3.8) is 0 Å². The quantitative estimate of drug-likeness (QED) is 0.334. The summed E-state index contributed by atoms with van der Waals surface area (Å²) in [6.07, 6.45) is 2.13. The zero-order chi connectivity index (χ0) is 17.5. The third-order valence-electron chi connectivity index (χ3n) is 4.37. The van der Waals surface area contributed by atoms with E-state index in [2.05, 4.69) is 41.7 Å². The highest BCUT2D eigenvalue weighted by Crippen LogP contribution is 2.28. The van der Waals surface area contributed by atoms with E-state index < -0.39 is 0 Å². The standard InChI is InChI=1S/C19H30N4O.HI/c1-5-14(4)22-18(24)16-9-7-8-15(11-16)12-21-19(20-6-2)23-17-10-13(17)3;/h7-9,11,13-14,17H,5-6,10,12H2,1-4H3,(H,22,24)(H2,20,21,23);1H. The maximum absolute atomic E-state index is 12.2. The Kier molecular flexibility index (Phi) is 9.24. The van der Waals surface area contributed by atoms with Gasteiger partial charge in [-0.05, 0) is 50.3 Å². The van der Waals surface area contributed by atoms with E-state index in [1.54, 1.807) is 0 Å². The highest BCUT2D eigenvalue weighted by Gasteiger charge is 2.33. The molecule has 0 heterocycles. The van der Waals surface area contributed by atoms with E-state index in [-0.39, 0.29) is 35.9 Å². The summed E-state index contributed by atoms with van der Waals surface area (Å²) < 4.78 is 0. The summed E-state index contributed by atoms with van der Waals surface area (Å²) in [6.45, 7) is 9.77. The monoisotopic (exact) mass is 458 g/mol. The van der Waals surface area contributed by atoms with Crippen molar-refractivity contribution in [3.8, 4) is 0 Å². The van der Waals surface area contributed by atoms with E-state index in [4.69, 9.17) is 0 Å². The van der Waals surface area contributed by atoms with Crippen molar-refractivity contribution in [1.82, 2.24) is 16.0 Å². The maximum Gasteiger partial charge on any atom is 0.251 e. The summed E-state index contributed by atoms with van der Waals surface area (Å²) in [7, 11) is 0. The van der Waals surface area contributed by atoms with Crippen molar-refractivity contribution in [1.29, 1.82) is 0 Å². The van der Waals surface area contributed by atoms with Crippen molar-refractivity contribution in [2.75, 3.05) is 6.54 Å². The summed E-state index contributed by atoms with van der Waals surface area (Å²) in [5.41, 5.74) is 1.73. The smallest absolute Gasteiger partial charge is 0.251 e. The second-order valence-electron chi connectivity index (χ2n) is 6.64. The number of nitrogens with one attached hydrogen (secondary N) is 3. The molecule has 1 aliphatic rings. The van der Waals surface area contributed by atoms with E-state index in [0.29, 0.717) is 18.2 Å². The van der Waals surface area contributed by atoms with Crippen LogP contribution in [0, 0.1) is 5.92 Å². The van der Waals surface area contributed by atoms with Gasteiger partial charge in [-0.25, -0.2) is 4.99 Å². The number of rotatable bonds is 7. The number of carbonyl (C=O) groups excluding carboxylic acids is 1. The first-order valence-electron chi connectivity index (χ1n) is 8.98. The highest BCUT2D eigenvalue weighted by atomic mass is 127. The summed E-state index contributed by atoms with van der Waals surface area (Å²) in [5.74, 6) is 1.55. The average molecular weight is 458 g/mol. The van der Waals surface area contributed by atoms with Gasteiger partial charge in [-0.3, -0.25) is 4.79 Å². The Morgan fingerprint density at radius 1 is 1.36 bits per heavy atom. The number of hydrogen-bond acceptors (Lipinski definition) is 2. The Balaban J connectivity index is 0.00000312. The number of nitrogens with zero attached hydrogens (tertiary/aromatic N) is 1. The summed E-state index contributed by atoms with van der Waals surface area (Å²) >= 11 is 0. The van der Waals surface area contributed by atoms with Crippen molar-refractivity contribution in [3.05, 3.63) is 35.4 Å². The largest absolute Gasteiger partial charge is 0.357 e. The molecule has 3 N–H and O–H groups in total. The Labute approximate surface area is 168 Å². The lowest BCUT2D eigenvalue weighted by atomic mass is 10.1. The molecule has 0 radical (unpaired) electrons. The van der Waals surface area contributed by atoms with Crippen LogP contribution >= 0.6 is 24.0 Å². The van der Waals surface area contributed by atoms with Crippen molar-refractivity contribution in [2.45, 2.75) is 59.2 Å². The molecule has 0 saturated heterocycles. The van der Waals surface area contributed by atoms with Crippen molar-refractivity contribution < 1.29 is 4.79 Å². The van der Waals surface area contributed by atoms with Gasteiger partial charge in [0.2, 0.25) is 0 Å². The summed E-state index contributed by atoms with van der Waals surface area (Å²) in [5, 5.41) is 9.72. The van der Waals surface area contributed by atoms with Crippen LogP contribution in [0.25, 0.3) is 0 Å². The van der Waals surface area contributed by atoms with Crippen LogP contribution in [-0.2, 0) is 6.54 Å². The van der Waals surface area contributed by atoms with E-state index in [1.807, 2.05) is 31.2 Å². The van der Waals surface area contributed by atoms with Crippen LogP contribution in [0.3, 0.4) is 0 Å². The van der Waals surface area contributed by atoms with Gasteiger partial charge in [-0.1, -0.05) is 26.0 Å². The van der Waals surface area contributed by atoms with E-state index >= 15 is 0 Å². The molecule has 1 aliphatic carbocycles. The lowest BCUT2D eigenvalue weighted by molar-refractivity contribution is 0.0939. The third kappa shape index (κ3) is 7.22. The van der Waals surface area contributed by atoms with E-state index in [0.717, 1.165) is 30.4 Å². The Morgan fingerprint density at radius 2 is 2.08 bits per heavy atom. The van der Waals surface area contributed by atoms with Crippen LogP contribution in [0.15, 0.2) is 29.3 Å². The molecule has 1 amide bonds. The van der Waals surface area contributed by atoms with Gasteiger partial charge in [-0.2, -0.15) is 0 Å². The molecule has 1 saturated carbocycles. The second kappa shape index (κ2) is 10.6. The van der Waals surface area contributed by atoms with Gasteiger partial charge in [0.25, 0.3) is 5.91 Å². The first kappa shape index (κ1) is 21.7. The first-order valence-corrected chi connectivity index (χ1v) is 8.98. The number of aliphatic imine (C=N–C) groups is 1. The fourth-order valence-electron chi connectivity index (χ4n) is 2.41.